The Kier molecular flexibility index (Phi) is 5.64. The summed E-state index contributed by atoms with van der Waals surface area (Å²) in [7, 11) is 0. The van der Waals surface area contributed by atoms with Crippen molar-refractivity contribution < 1.29 is 9.53 Å². The van der Waals surface area contributed by atoms with Gasteiger partial charge in [-0.2, -0.15) is 5.10 Å². The first-order valence-corrected chi connectivity index (χ1v) is 10.0. The highest BCUT2D eigenvalue weighted by atomic mass is 35.5. The largest absolute Gasteiger partial charge is 0.382 e. The molecule has 1 atom stereocenters. The molecule has 1 fully saturated rings. The lowest BCUT2D eigenvalue weighted by molar-refractivity contribution is 0.0624. The molecule has 4 heterocycles. The predicted octanol–water partition coefficient (Wildman–Crippen LogP) is 3.17. The summed E-state index contributed by atoms with van der Waals surface area (Å²) in [5, 5.41) is 11.2. The van der Waals surface area contributed by atoms with Gasteiger partial charge in [0.25, 0.3) is 5.91 Å². The molecule has 0 unspecified atom stereocenters. The highest BCUT2D eigenvalue weighted by molar-refractivity contribution is 6.30. The maximum Gasteiger partial charge on any atom is 0.255 e. The van der Waals surface area contributed by atoms with Gasteiger partial charge in [0.2, 0.25) is 0 Å². The van der Waals surface area contributed by atoms with E-state index < -0.39 is 0 Å². The molecule has 1 amide bonds. The first-order valence-electron chi connectivity index (χ1n) is 9.65. The number of ether oxygens (including phenoxy) is 1. The molecule has 9 heteroatoms. The van der Waals surface area contributed by atoms with Crippen LogP contribution in [0.15, 0.2) is 30.9 Å². The topological polar surface area (TPSA) is 93.4 Å². The van der Waals surface area contributed by atoms with Crippen LogP contribution in [0.5, 0.6) is 0 Å². The molecule has 0 spiro atoms. The van der Waals surface area contributed by atoms with Crippen molar-refractivity contribution in [3.05, 3.63) is 41.4 Å². The zero-order chi connectivity index (χ0) is 20.4. The number of amides is 1. The van der Waals surface area contributed by atoms with Crippen LogP contribution in [0.3, 0.4) is 0 Å². The van der Waals surface area contributed by atoms with E-state index in [0.29, 0.717) is 34.2 Å². The minimum Gasteiger partial charge on any atom is -0.382 e. The maximum absolute atomic E-state index is 12.9. The summed E-state index contributed by atoms with van der Waals surface area (Å²) in [6, 6.07) is 2.03. The minimum atomic E-state index is -0.160. The third-order valence-corrected chi connectivity index (χ3v) is 4.88. The molecule has 0 bridgehead atoms. The molecular formula is C20H23ClN6O2. The maximum atomic E-state index is 12.9. The summed E-state index contributed by atoms with van der Waals surface area (Å²) < 4.78 is 7.07. The number of carbonyl (C=O) groups is 1. The number of hydrogen-bond acceptors (Lipinski definition) is 6. The predicted molar refractivity (Wildman–Crippen MR) is 111 cm³/mol. The number of fused-ring (bicyclic) bond motifs is 1. The Labute approximate surface area is 173 Å². The van der Waals surface area contributed by atoms with E-state index in [2.05, 4.69) is 25.7 Å². The van der Waals surface area contributed by atoms with E-state index in [1.807, 2.05) is 19.9 Å². The quantitative estimate of drug-likeness (QED) is 0.666. The van der Waals surface area contributed by atoms with Crippen molar-refractivity contribution in [3.8, 4) is 11.3 Å². The number of aromatic nitrogens is 4. The van der Waals surface area contributed by atoms with Gasteiger partial charge in [-0.15, -0.1) is 0 Å². The molecule has 8 nitrogen and oxygen atoms in total. The van der Waals surface area contributed by atoms with Gasteiger partial charge in [-0.1, -0.05) is 11.6 Å². The van der Waals surface area contributed by atoms with E-state index in [4.69, 9.17) is 16.3 Å². The van der Waals surface area contributed by atoms with Crippen LogP contribution in [-0.2, 0) is 4.74 Å². The van der Waals surface area contributed by atoms with Gasteiger partial charge >= 0.3 is 0 Å². The number of anilines is 1. The molecule has 1 saturated heterocycles. The summed E-state index contributed by atoms with van der Waals surface area (Å²) in [6.45, 7) is 5.34. The van der Waals surface area contributed by atoms with Gasteiger partial charge in [-0.3, -0.25) is 9.78 Å². The average Bonchev–Trinajstić information content (AvgIpc) is 3.11. The van der Waals surface area contributed by atoms with Gasteiger partial charge in [-0.05, 0) is 32.8 Å². The lowest BCUT2D eigenvalue weighted by Crippen LogP contribution is -2.41. The van der Waals surface area contributed by atoms with E-state index in [-0.39, 0.29) is 18.0 Å². The van der Waals surface area contributed by atoms with E-state index in [1.165, 1.54) is 0 Å². The molecule has 2 N–H and O–H groups in total. The van der Waals surface area contributed by atoms with Crippen molar-refractivity contribution in [1.29, 1.82) is 0 Å². The Morgan fingerprint density at radius 1 is 1.31 bits per heavy atom. The Morgan fingerprint density at radius 3 is 2.93 bits per heavy atom. The first-order chi connectivity index (χ1) is 14.0. The lowest BCUT2D eigenvalue weighted by Gasteiger charge is -2.24. The third kappa shape index (κ3) is 4.33. The standard InChI is InChI=1S/C20H23ClN6O2/c1-12(2)25-18-6-17(15-9-24-27-10-13(21)7-23-19(15)27)22-8-16(18)20(28)26-14-4-3-5-29-11-14/h6-10,12,14H,3-5,11H2,1-2H3,(H,22,25)(H,26,28)/t14-/m1/s1. The Balaban J connectivity index is 1.67. The SMILES string of the molecule is CC(C)Nc1cc(-c2cnn3cc(Cl)cnc23)ncc1C(=O)N[C@@H]1CCCOC1. The van der Waals surface area contributed by atoms with Crippen molar-refractivity contribution in [1.82, 2.24) is 24.9 Å². The molecule has 152 valence electrons. The van der Waals surface area contributed by atoms with Crippen LogP contribution in [0.25, 0.3) is 16.9 Å². The molecule has 3 aromatic heterocycles. The van der Waals surface area contributed by atoms with E-state index in [1.54, 1.807) is 29.3 Å². The molecule has 0 aliphatic carbocycles. The molecule has 1 aliphatic rings. The molecule has 0 radical (unpaired) electrons. The Morgan fingerprint density at radius 2 is 2.17 bits per heavy atom. The molecule has 1 aliphatic heterocycles. The third-order valence-electron chi connectivity index (χ3n) is 4.69. The number of nitrogens with one attached hydrogen (secondary N) is 2. The smallest absolute Gasteiger partial charge is 0.255 e. The van der Waals surface area contributed by atoms with Crippen LogP contribution in [0.1, 0.15) is 37.0 Å². The van der Waals surface area contributed by atoms with Crippen molar-refractivity contribution in [3.63, 3.8) is 0 Å². The molecule has 4 rings (SSSR count). The van der Waals surface area contributed by atoms with Crippen molar-refractivity contribution in [2.45, 2.75) is 38.8 Å². The van der Waals surface area contributed by atoms with Crippen LogP contribution in [0, 0.1) is 0 Å². The van der Waals surface area contributed by atoms with Gasteiger partial charge in [0.05, 0.1) is 52.6 Å². The first kappa shape index (κ1) is 19.6. The van der Waals surface area contributed by atoms with Gasteiger partial charge in [0.1, 0.15) is 0 Å². The van der Waals surface area contributed by atoms with Crippen molar-refractivity contribution in [2.24, 2.45) is 0 Å². The lowest BCUT2D eigenvalue weighted by atomic mass is 10.1. The summed E-state index contributed by atoms with van der Waals surface area (Å²) >= 11 is 5.99. The van der Waals surface area contributed by atoms with E-state index >= 15 is 0 Å². The van der Waals surface area contributed by atoms with Crippen LogP contribution in [-0.4, -0.2) is 50.8 Å². The fourth-order valence-electron chi connectivity index (χ4n) is 3.36. The minimum absolute atomic E-state index is 0.0244. The molecule has 0 aromatic carbocycles. The zero-order valence-electron chi connectivity index (χ0n) is 16.4. The molecular weight excluding hydrogens is 392 g/mol. The fraction of sp³-hybridized carbons (Fsp3) is 0.400. The Bertz CT molecular complexity index is 1030. The average molecular weight is 415 g/mol. The summed E-state index contributed by atoms with van der Waals surface area (Å²) in [4.78, 5) is 21.7. The van der Waals surface area contributed by atoms with Gasteiger partial charge in [-0.25, -0.2) is 9.50 Å². The molecule has 29 heavy (non-hydrogen) atoms. The second kappa shape index (κ2) is 8.34. The number of hydrogen-bond donors (Lipinski definition) is 2. The monoisotopic (exact) mass is 414 g/mol. The summed E-state index contributed by atoms with van der Waals surface area (Å²) in [5.74, 6) is -0.160. The second-order valence-corrected chi connectivity index (χ2v) is 7.84. The van der Waals surface area contributed by atoms with Crippen LogP contribution in [0.2, 0.25) is 5.02 Å². The zero-order valence-corrected chi connectivity index (χ0v) is 17.1. The summed E-state index contributed by atoms with van der Waals surface area (Å²) in [6.07, 6.45) is 8.42. The number of pyridine rings is 1. The molecule has 3 aromatic rings. The van der Waals surface area contributed by atoms with Crippen molar-refractivity contribution in [2.75, 3.05) is 18.5 Å². The summed E-state index contributed by atoms with van der Waals surface area (Å²) in [5.41, 5.74) is 3.30. The number of carbonyl (C=O) groups excluding carboxylic acids is 1. The Hall–Kier alpha value is -2.71. The van der Waals surface area contributed by atoms with Crippen LogP contribution >= 0.6 is 11.6 Å². The number of nitrogens with zero attached hydrogens (tertiary/aromatic N) is 4. The highest BCUT2D eigenvalue weighted by Crippen LogP contribution is 2.27. The van der Waals surface area contributed by atoms with E-state index in [9.17, 15) is 4.79 Å². The normalized spacial score (nSPS) is 16.9. The number of rotatable bonds is 5. The molecule has 0 saturated carbocycles. The number of halogens is 1. The van der Waals surface area contributed by atoms with Gasteiger partial charge in [0, 0.05) is 25.0 Å². The van der Waals surface area contributed by atoms with Crippen LogP contribution in [0.4, 0.5) is 5.69 Å². The second-order valence-electron chi connectivity index (χ2n) is 7.40. The highest BCUT2D eigenvalue weighted by Gasteiger charge is 2.21. The van der Waals surface area contributed by atoms with Crippen LogP contribution < -0.4 is 10.6 Å². The van der Waals surface area contributed by atoms with Gasteiger partial charge < -0.3 is 15.4 Å². The fourth-order valence-corrected chi connectivity index (χ4v) is 3.51. The van der Waals surface area contributed by atoms with Crippen molar-refractivity contribution >= 4 is 28.8 Å². The van der Waals surface area contributed by atoms with Gasteiger partial charge in [0.15, 0.2) is 5.65 Å². The van der Waals surface area contributed by atoms with E-state index in [0.717, 1.165) is 25.0 Å².